The van der Waals surface area contributed by atoms with Crippen molar-refractivity contribution in [2.75, 3.05) is 12.0 Å². The summed E-state index contributed by atoms with van der Waals surface area (Å²) in [7, 11) is 0. The number of allylic oxidation sites excluding steroid dienone is 2. The number of hydrazone groups is 1. The van der Waals surface area contributed by atoms with E-state index in [9.17, 15) is 20.2 Å². The molecule has 1 aliphatic rings. The van der Waals surface area contributed by atoms with Gasteiger partial charge in [-0.3, -0.25) is 25.7 Å². The average molecular weight is 348 g/mol. The molecule has 0 saturated heterocycles. The second kappa shape index (κ2) is 8.34. The van der Waals surface area contributed by atoms with Crippen LogP contribution in [0.4, 0.5) is 17.1 Å². The molecule has 0 heterocycles. The van der Waals surface area contributed by atoms with Gasteiger partial charge in [0.1, 0.15) is 5.69 Å². The maximum atomic E-state index is 11.2. The molecule has 0 bridgehead atoms. The third-order valence-electron chi connectivity index (χ3n) is 4.11. The molecule has 0 amide bonds. The number of non-ortho nitro benzene ring substituents is 1. The van der Waals surface area contributed by atoms with Crippen LogP contribution in [0.15, 0.2) is 34.4 Å². The molecule has 0 atom stereocenters. The number of hydrogen-bond acceptors (Lipinski definition) is 7. The molecular formula is C16H20N4O5. The molecule has 9 heteroatoms. The van der Waals surface area contributed by atoms with E-state index in [1.54, 1.807) is 0 Å². The first kappa shape index (κ1) is 18.5. The molecule has 0 saturated carbocycles. The lowest BCUT2D eigenvalue weighted by Crippen LogP contribution is -2.13. The molecule has 0 aromatic heterocycles. The van der Waals surface area contributed by atoms with Crippen molar-refractivity contribution in [3.05, 3.63) is 49.6 Å². The maximum Gasteiger partial charge on any atom is 0.301 e. The molecule has 1 aromatic rings. The van der Waals surface area contributed by atoms with E-state index < -0.39 is 15.5 Å². The van der Waals surface area contributed by atoms with Gasteiger partial charge in [-0.15, -0.1) is 0 Å². The van der Waals surface area contributed by atoms with E-state index in [-0.39, 0.29) is 18.0 Å². The Morgan fingerprint density at radius 1 is 1.24 bits per heavy atom. The lowest BCUT2D eigenvalue weighted by molar-refractivity contribution is -0.393. The Kier molecular flexibility index (Phi) is 6.18. The van der Waals surface area contributed by atoms with Gasteiger partial charge in [-0.2, -0.15) is 5.10 Å². The standard InChI is InChI=1S/C16H20N4O5/c1-11-4-2-6-14(13(11)5-3-9-21)17-18-15-8-7-12(19(22)23)10-16(15)20(24)25/h7-8,10,18,21H,2-6,9H2,1H3/b17-14+. The fourth-order valence-corrected chi connectivity index (χ4v) is 2.81. The number of nitrogens with one attached hydrogen (secondary N) is 1. The highest BCUT2D eigenvalue weighted by atomic mass is 16.6. The summed E-state index contributed by atoms with van der Waals surface area (Å²) in [5.74, 6) is 0. The summed E-state index contributed by atoms with van der Waals surface area (Å²) in [6.45, 7) is 2.11. The second-order valence-corrected chi connectivity index (χ2v) is 5.83. The average Bonchev–Trinajstić information content (AvgIpc) is 2.58. The van der Waals surface area contributed by atoms with E-state index >= 15 is 0 Å². The summed E-state index contributed by atoms with van der Waals surface area (Å²) in [6, 6.07) is 3.40. The molecule has 25 heavy (non-hydrogen) atoms. The third kappa shape index (κ3) is 4.60. The first-order valence-corrected chi connectivity index (χ1v) is 7.99. The predicted octanol–water partition coefficient (Wildman–Crippen LogP) is 3.54. The summed E-state index contributed by atoms with van der Waals surface area (Å²) in [5.41, 5.74) is 5.13. The van der Waals surface area contributed by atoms with Gasteiger partial charge in [-0.25, -0.2) is 0 Å². The van der Waals surface area contributed by atoms with Crippen LogP contribution in [0.1, 0.15) is 39.0 Å². The first-order valence-electron chi connectivity index (χ1n) is 7.99. The third-order valence-corrected chi connectivity index (χ3v) is 4.11. The quantitative estimate of drug-likeness (QED) is 0.572. The smallest absolute Gasteiger partial charge is 0.301 e. The lowest BCUT2D eigenvalue weighted by Gasteiger charge is -2.20. The van der Waals surface area contributed by atoms with Crippen LogP contribution in [-0.2, 0) is 0 Å². The zero-order valence-electron chi connectivity index (χ0n) is 13.9. The van der Waals surface area contributed by atoms with Crippen LogP contribution in [0.3, 0.4) is 0 Å². The molecular weight excluding hydrogens is 328 g/mol. The molecule has 0 aliphatic heterocycles. The van der Waals surface area contributed by atoms with Crippen LogP contribution in [0.2, 0.25) is 0 Å². The van der Waals surface area contributed by atoms with Crippen molar-refractivity contribution in [3.63, 3.8) is 0 Å². The summed E-state index contributed by atoms with van der Waals surface area (Å²) >= 11 is 0. The zero-order valence-corrected chi connectivity index (χ0v) is 13.9. The monoisotopic (exact) mass is 348 g/mol. The number of anilines is 1. The molecule has 0 unspecified atom stereocenters. The van der Waals surface area contributed by atoms with Gasteiger partial charge in [0, 0.05) is 12.7 Å². The minimum Gasteiger partial charge on any atom is -0.396 e. The number of hydrogen-bond donors (Lipinski definition) is 2. The van der Waals surface area contributed by atoms with Crippen molar-refractivity contribution in [3.8, 4) is 0 Å². The molecule has 134 valence electrons. The Hall–Kier alpha value is -2.81. The minimum absolute atomic E-state index is 0.0886. The zero-order chi connectivity index (χ0) is 18.4. The summed E-state index contributed by atoms with van der Waals surface area (Å²) < 4.78 is 0. The Labute approximate surface area is 144 Å². The second-order valence-electron chi connectivity index (χ2n) is 5.83. The van der Waals surface area contributed by atoms with E-state index in [0.717, 1.165) is 36.6 Å². The molecule has 1 aliphatic carbocycles. The highest BCUT2D eigenvalue weighted by molar-refractivity contribution is 6.01. The normalized spacial score (nSPS) is 16.2. The van der Waals surface area contributed by atoms with Crippen molar-refractivity contribution < 1.29 is 15.0 Å². The van der Waals surface area contributed by atoms with Crippen molar-refractivity contribution >= 4 is 22.8 Å². The number of nitro benzene ring substituents is 2. The molecule has 0 fully saturated rings. The molecule has 0 radical (unpaired) electrons. The van der Waals surface area contributed by atoms with E-state index in [1.165, 1.54) is 17.7 Å². The Bertz CT molecular complexity index is 742. The van der Waals surface area contributed by atoms with Gasteiger partial charge in [0.25, 0.3) is 5.69 Å². The number of nitro groups is 2. The molecule has 1 aromatic carbocycles. The van der Waals surface area contributed by atoms with E-state index in [1.807, 2.05) is 6.92 Å². The van der Waals surface area contributed by atoms with Gasteiger partial charge in [0.15, 0.2) is 0 Å². The van der Waals surface area contributed by atoms with Crippen LogP contribution in [0.5, 0.6) is 0 Å². The largest absolute Gasteiger partial charge is 0.396 e. The molecule has 0 spiro atoms. The van der Waals surface area contributed by atoms with Gasteiger partial charge in [-0.05, 0) is 50.7 Å². The van der Waals surface area contributed by atoms with Crippen LogP contribution in [0, 0.1) is 20.2 Å². The molecule has 2 N–H and O–H groups in total. The summed E-state index contributed by atoms with van der Waals surface area (Å²) in [5, 5.41) is 35.3. The predicted molar refractivity (Wildman–Crippen MR) is 93.7 cm³/mol. The Morgan fingerprint density at radius 3 is 2.64 bits per heavy atom. The van der Waals surface area contributed by atoms with Crippen LogP contribution in [-0.4, -0.2) is 27.3 Å². The Balaban J connectivity index is 2.29. The lowest BCUT2D eigenvalue weighted by atomic mass is 9.88. The van der Waals surface area contributed by atoms with Gasteiger partial charge < -0.3 is 5.11 Å². The minimum atomic E-state index is -0.678. The maximum absolute atomic E-state index is 11.2. The summed E-state index contributed by atoms with van der Waals surface area (Å²) in [6.07, 6.45) is 3.98. The van der Waals surface area contributed by atoms with Crippen molar-refractivity contribution in [1.82, 2.24) is 0 Å². The van der Waals surface area contributed by atoms with Crippen molar-refractivity contribution in [2.24, 2.45) is 5.10 Å². The fraction of sp³-hybridized carbons (Fsp3) is 0.438. The fourth-order valence-electron chi connectivity index (χ4n) is 2.81. The SMILES string of the molecule is CC1=C(CCCO)/C(=N/Nc2ccc([N+](=O)[O-])cc2[N+](=O)[O-])CCC1. The van der Waals surface area contributed by atoms with Gasteiger partial charge in [-0.1, -0.05) is 5.57 Å². The topological polar surface area (TPSA) is 131 Å². The number of nitrogens with zero attached hydrogens (tertiary/aromatic N) is 3. The van der Waals surface area contributed by atoms with Crippen molar-refractivity contribution in [2.45, 2.75) is 39.0 Å². The number of rotatable bonds is 7. The van der Waals surface area contributed by atoms with Gasteiger partial charge in [0.2, 0.25) is 0 Å². The van der Waals surface area contributed by atoms with Crippen LogP contribution in [0.25, 0.3) is 0 Å². The molecule has 9 nitrogen and oxygen atoms in total. The number of aliphatic hydroxyl groups excluding tert-OH is 1. The first-order chi connectivity index (χ1) is 11.9. The Morgan fingerprint density at radius 2 is 2.00 bits per heavy atom. The highest BCUT2D eigenvalue weighted by Gasteiger charge is 2.20. The van der Waals surface area contributed by atoms with E-state index in [2.05, 4.69) is 10.5 Å². The highest BCUT2D eigenvalue weighted by Crippen LogP contribution is 2.30. The number of aliphatic hydroxyl groups is 1. The molecule has 2 rings (SSSR count). The summed E-state index contributed by atoms with van der Waals surface area (Å²) in [4.78, 5) is 20.6. The van der Waals surface area contributed by atoms with Crippen molar-refractivity contribution in [1.29, 1.82) is 0 Å². The van der Waals surface area contributed by atoms with E-state index in [0.29, 0.717) is 12.8 Å². The van der Waals surface area contributed by atoms with E-state index in [4.69, 9.17) is 5.11 Å². The van der Waals surface area contributed by atoms with Gasteiger partial charge >= 0.3 is 5.69 Å². The van der Waals surface area contributed by atoms with Gasteiger partial charge in [0.05, 0.1) is 21.6 Å². The van der Waals surface area contributed by atoms with Crippen LogP contribution < -0.4 is 5.43 Å². The number of benzene rings is 1. The van der Waals surface area contributed by atoms with Crippen LogP contribution >= 0.6 is 0 Å².